The third-order valence-corrected chi connectivity index (χ3v) is 5.92. The van der Waals surface area contributed by atoms with Gasteiger partial charge in [-0.15, -0.1) is 11.3 Å². The molecule has 1 aliphatic rings. The van der Waals surface area contributed by atoms with Crippen LogP contribution in [0.15, 0.2) is 71.1 Å². The molecule has 2 aromatic carbocycles. The number of thiophene rings is 1. The highest BCUT2D eigenvalue weighted by Gasteiger charge is 2.35. The van der Waals surface area contributed by atoms with Crippen molar-refractivity contribution in [1.82, 2.24) is 9.91 Å². The standard InChI is InChI=1S/C23H19F2N3O2S/c1-27(23(30)21-7-4-12-31-21)14-22(29)28-20(17-5-2-3-6-18(17)25)13-19(26-28)15-8-10-16(24)11-9-15/h2-12,20H,13-14H2,1H3. The van der Waals surface area contributed by atoms with Crippen LogP contribution in [0.25, 0.3) is 0 Å². The van der Waals surface area contributed by atoms with Gasteiger partial charge in [-0.2, -0.15) is 5.10 Å². The highest BCUT2D eigenvalue weighted by Crippen LogP contribution is 2.34. The normalized spacial score (nSPS) is 15.6. The highest BCUT2D eigenvalue weighted by atomic mass is 32.1. The molecule has 8 heteroatoms. The molecule has 0 saturated carbocycles. The Morgan fingerprint density at radius 3 is 2.52 bits per heavy atom. The zero-order valence-electron chi connectivity index (χ0n) is 16.7. The van der Waals surface area contributed by atoms with Gasteiger partial charge >= 0.3 is 0 Å². The molecule has 4 rings (SSSR count). The van der Waals surface area contributed by atoms with Gasteiger partial charge < -0.3 is 4.90 Å². The lowest BCUT2D eigenvalue weighted by Crippen LogP contribution is -2.39. The lowest BCUT2D eigenvalue weighted by Gasteiger charge is -2.25. The predicted octanol–water partition coefficient (Wildman–Crippen LogP) is 4.48. The van der Waals surface area contributed by atoms with E-state index < -0.39 is 17.8 Å². The van der Waals surface area contributed by atoms with Gasteiger partial charge in [0.25, 0.3) is 11.8 Å². The molecule has 158 valence electrons. The average molecular weight is 439 g/mol. The maximum atomic E-state index is 14.5. The van der Waals surface area contributed by atoms with Crippen molar-refractivity contribution in [2.24, 2.45) is 5.10 Å². The van der Waals surface area contributed by atoms with Crippen LogP contribution in [0.4, 0.5) is 8.78 Å². The van der Waals surface area contributed by atoms with E-state index in [1.807, 2.05) is 0 Å². The van der Waals surface area contributed by atoms with Gasteiger partial charge in [-0.3, -0.25) is 9.59 Å². The van der Waals surface area contributed by atoms with E-state index in [0.717, 1.165) is 0 Å². The Balaban J connectivity index is 1.61. The molecule has 1 aromatic heterocycles. The van der Waals surface area contributed by atoms with Gasteiger partial charge in [0, 0.05) is 19.0 Å². The summed E-state index contributed by atoms with van der Waals surface area (Å²) in [5, 5.41) is 7.46. The molecule has 2 amide bonds. The summed E-state index contributed by atoms with van der Waals surface area (Å²) in [6, 6.07) is 14.8. The van der Waals surface area contributed by atoms with E-state index in [0.29, 0.717) is 21.7 Å². The van der Waals surface area contributed by atoms with Crippen molar-refractivity contribution >= 4 is 28.9 Å². The van der Waals surface area contributed by atoms with Gasteiger partial charge in [0.2, 0.25) is 0 Å². The van der Waals surface area contributed by atoms with Crippen LogP contribution in [-0.4, -0.2) is 41.0 Å². The molecule has 0 spiro atoms. The van der Waals surface area contributed by atoms with E-state index in [4.69, 9.17) is 0 Å². The van der Waals surface area contributed by atoms with Crippen molar-refractivity contribution in [2.45, 2.75) is 12.5 Å². The lowest BCUT2D eigenvalue weighted by atomic mass is 9.98. The van der Waals surface area contributed by atoms with E-state index in [2.05, 4.69) is 5.10 Å². The minimum atomic E-state index is -0.654. The number of rotatable bonds is 5. The monoisotopic (exact) mass is 439 g/mol. The zero-order chi connectivity index (χ0) is 22.0. The molecule has 3 aromatic rings. The molecular formula is C23H19F2N3O2S. The molecule has 0 bridgehead atoms. The Bertz CT molecular complexity index is 1130. The molecule has 0 radical (unpaired) electrons. The second-order valence-electron chi connectivity index (χ2n) is 7.17. The molecule has 0 fully saturated rings. The van der Waals surface area contributed by atoms with Crippen LogP contribution in [0.3, 0.4) is 0 Å². The van der Waals surface area contributed by atoms with Gasteiger partial charge in [-0.1, -0.05) is 36.4 Å². The first-order valence-corrected chi connectivity index (χ1v) is 10.5. The predicted molar refractivity (Wildman–Crippen MR) is 115 cm³/mol. The van der Waals surface area contributed by atoms with Gasteiger partial charge in [-0.05, 0) is 35.2 Å². The number of halogens is 2. The van der Waals surface area contributed by atoms with Crippen molar-refractivity contribution in [2.75, 3.05) is 13.6 Å². The number of hydrogen-bond acceptors (Lipinski definition) is 4. The third kappa shape index (κ3) is 4.39. The van der Waals surface area contributed by atoms with Gasteiger partial charge in [0.05, 0.1) is 16.6 Å². The van der Waals surface area contributed by atoms with Crippen LogP contribution in [0, 0.1) is 11.6 Å². The minimum absolute atomic E-state index is 0.206. The highest BCUT2D eigenvalue weighted by molar-refractivity contribution is 7.12. The average Bonchev–Trinajstić information content (AvgIpc) is 3.44. The molecule has 31 heavy (non-hydrogen) atoms. The smallest absolute Gasteiger partial charge is 0.264 e. The van der Waals surface area contributed by atoms with Gasteiger partial charge in [-0.25, -0.2) is 13.8 Å². The molecule has 0 saturated heterocycles. The molecule has 2 heterocycles. The van der Waals surface area contributed by atoms with Crippen molar-refractivity contribution in [3.63, 3.8) is 0 Å². The summed E-state index contributed by atoms with van der Waals surface area (Å²) in [5.74, 6) is -1.52. The molecule has 0 aliphatic carbocycles. The van der Waals surface area contributed by atoms with Crippen LogP contribution in [0.1, 0.15) is 33.3 Å². The molecule has 5 nitrogen and oxygen atoms in total. The second-order valence-corrected chi connectivity index (χ2v) is 8.12. The van der Waals surface area contributed by atoms with Crippen molar-refractivity contribution < 1.29 is 18.4 Å². The van der Waals surface area contributed by atoms with Crippen LogP contribution in [0.5, 0.6) is 0 Å². The second kappa shape index (κ2) is 8.77. The molecule has 0 N–H and O–H groups in total. The fourth-order valence-electron chi connectivity index (χ4n) is 3.48. The maximum Gasteiger partial charge on any atom is 0.264 e. The van der Waals surface area contributed by atoms with E-state index >= 15 is 0 Å². The maximum absolute atomic E-state index is 14.5. The number of likely N-dealkylation sites (N-methyl/N-ethyl adjacent to an activating group) is 1. The quantitative estimate of drug-likeness (QED) is 0.589. The minimum Gasteiger partial charge on any atom is -0.332 e. The summed E-state index contributed by atoms with van der Waals surface area (Å²) in [4.78, 5) is 27.5. The van der Waals surface area contributed by atoms with E-state index in [1.54, 1.807) is 54.9 Å². The van der Waals surface area contributed by atoms with Crippen LogP contribution in [-0.2, 0) is 4.79 Å². The van der Waals surface area contributed by atoms with Crippen LogP contribution >= 0.6 is 11.3 Å². The summed E-state index contributed by atoms with van der Waals surface area (Å²) in [5.41, 5.74) is 1.54. The van der Waals surface area contributed by atoms with Crippen molar-refractivity contribution in [3.8, 4) is 0 Å². The molecule has 1 unspecified atom stereocenters. The fraction of sp³-hybridized carbons (Fsp3) is 0.174. The Morgan fingerprint density at radius 1 is 1.10 bits per heavy atom. The number of carbonyl (C=O) groups excluding carboxylic acids is 2. The molecular weight excluding hydrogens is 420 g/mol. The Hall–Kier alpha value is -3.39. The summed E-state index contributed by atoms with van der Waals surface area (Å²) in [7, 11) is 1.54. The lowest BCUT2D eigenvalue weighted by molar-refractivity contribution is -0.133. The van der Waals surface area contributed by atoms with E-state index in [-0.39, 0.29) is 24.7 Å². The van der Waals surface area contributed by atoms with Gasteiger partial charge in [0.15, 0.2) is 0 Å². The summed E-state index contributed by atoms with van der Waals surface area (Å²) < 4.78 is 27.9. The first-order chi connectivity index (χ1) is 14.9. The fourth-order valence-corrected chi connectivity index (χ4v) is 4.20. The number of amides is 2. The largest absolute Gasteiger partial charge is 0.332 e. The number of carbonyl (C=O) groups is 2. The molecule has 1 atom stereocenters. The Morgan fingerprint density at radius 2 is 1.84 bits per heavy atom. The molecule has 1 aliphatic heterocycles. The first-order valence-electron chi connectivity index (χ1n) is 9.63. The SMILES string of the molecule is CN(CC(=O)N1N=C(c2ccc(F)cc2)CC1c1ccccc1F)C(=O)c1cccs1. The number of hydrazone groups is 1. The summed E-state index contributed by atoms with van der Waals surface area (Å²) in [6.07, 6.45) is 0.279. The first kappa shape index (κ1) is 20.9. The summed E-state index contributed by atoms with van der Waals surface area (Å²) in [6.45, 7) is -0.206. The Kier molecular flexibility index (Phi) is 5.90. The van der Waals surface area contributed by atoms with Crippen molar-refractivity contribution in [3.05, 3.63) is 93.7 Å². The third-order valence-electron chi connectivity index (χ3n) is 5.06. The van der Waals surface area contributed by atoms with E-state index in [1.165, 1.54) is 39.4 Å². The van der Waals surface area contributed by atoms with Crippen LogP contribution < -0.4 is 0 Å². The number of benzene rings is 2. The summed E-state index contributed by atoms with van der Waals surface area (Å²) >= 11 is 1.29. The number of hydrogen-bond donors (Lipinski definition) is 0. The number of nitrogens with zero attached hydrogens (tertiary/aromatic N) is 3. The van der Waals surface area contributed by atoms with Crippen molar-refractivity contribution in [1.29, 1.82) is 0 Å². The van der Waals surface area contributed by atoms with E-state index in [9.17, 15) is 18.4 Å². The topological polar surface area (TPSA) is 53.0 Å². The Labute approximate surface area is 182 Å². The van der Waals surface area contributed by atoms with Gasteiger partial charge in [0.1, 0.15) is 18.2 Å². The zero-order valence-corrected chi connectivity index (χ0v) is 17.5. The van der Waals surface area contributed by atoms with Crippen LogP contribution in [0.2, 0.25) is 0 Å².